The summed E-state index contributed by atoms with van der Waals surface area (Å²) in [6.45, 7) is 2.01. The van der Waals surface area contributed by atoms with Gasteiger partial charge in [-0.15, -0.1) is 11.3 Å². The molecule has 0 atom stereocenters. The molecule has 0 fully saturated rings. The molecule has 1 aromatic heterocycles. The van der Waals surface area contributed by atoms with Crippen LogP contribution in [0.4, 0.5) is 5.00 Å². The highest BCUT2D eigenvalue weighted by Crippen LogP contribution is 2.32. The normalized spacial score (nSPS) is 12.3. The van der Waals surface area contributed by atoms with Crippen molar-refractivity contribution < 1.29 is 21.6 Å². The van der Waals surface area contributed by atoms with E-state index in [0.29, 0.717) is 11.6 Å². The summed E-state index contributed by atoms with van der Waals surface area (Å²) in [5.41, 5.74) is 5.56. The van der Waals surface area contributed by atoms with E-state index in [1.165, 1.54) is 24.3 Å². The van der Waals surface area contributed by atoms with Crippen molar-refractivity contribution in [3.05, 3.63) is 30.3 Å². The first-order valence-electron chi connectivity index (χ1n) is 6.23. The number of ether oxygens (including phenoxy) is 1. The third-order valence-electron chi connectivity index (χ3n) is 2.77. The molecule has 22 heavy (non-hydrogen) atoms. The third kappa shape index (κ3) is 3.42. The minimum atomic E-state index is -3.85. The van der Waals surface area contributed by atoms with Gasteiger partial charge in [-0.25, -0.2) is 16.8 Å². The van der Waals surface area contributed by atoms with Crippen LogP contribution in [0.1, 0.15) is 6.92 Å². The number of hydrogen-bond acceptors (Lipinski definition) is 7. The first-order valence-corrected chi connectivity index (χ1v) is 10.4. The molecule has 0 aliphatic heterocycles. The molecule has 2 aromatic rings. The van der Waals surface area contributed by atoms with Crippen LogP contribution in [0.15, 0.2) is 44.3 Å². The number of hydrogen-bond donors (Lipinski definition) is 1. The van der Waals surface area contributed by atoms with Crippen LogP contribution in [-0.4, -0.2) is 29.7 Å². The maximum absolute atomic E-state index is 12.6. The van der Waals surface area contributed by atoms with Crippen LogP contribution in [0.5, 0.6) is 5.75 Å². The fourth-order valence-electron chi connectivity index (χ4n) is 1.76. The molecule has 0 bridgehead atoms. The lowest BCUT2D eigenvalue weighted by atomic mass is 10.3. The number of nitrogens with two attached hydrogens (primary N) is 1. The lowest BCUT2D eigenvalue weighted by molar-refractivity contribution is 0.338. The molecular formula is C13H15NO5S3. The molecule has 120 valence electrons. The van der Waals surface area contributed by atoms with E-state index in [0.717, 1.165) is 23.7 Å². The smallest absolute Gasteiger partial charge is 0.216 e. The number of rotatable bonds is 5. The third-order valence-corrected chi connectivity index (χ3v) is 7.00. The fourth-order valence-corrected chi connectivity index (χ4v) is 5.06. The van der Waals surface area contributed by atoms with Gasteiger partial charge >= 0.3 is 0 Å². The summed E-state index contributed by atoms with van der Waals surface area (Å²) in [7, 11) is -7.42. The van der Waals surface area contributed by atoms with Gasteiger partial charge in [-0.05, 0) is 37.3 Å². The Labute approximate surface area is 133 Å². The summed E-state index contributed by atoms with van der Waals surface area (Å²) in [4.78, 5) is -0.248. The highest BCUT2D eigenvalue weighted by molar-refractivity contribution is 7.93. The van der Waals surface area contributed by atoms with Gasteiger partial charge in [0.15, 0.2) is 9.84 Å². The molecule has 2 N–H and O–H groups in total. The molecule has 2 rings (SSSR count). The van der Waals surface area contributed by atoms with Gasteiger partial charge in [0.05, 0.1) is 21.4 Å². The summed E-state index contributed by atoms with van der Waals surface area (Å²) in [6, 6.07) is 6.62. The van der Waals surface area contributed by atoms with Crippen LogP contribution >= 0.6 is 11.3 Å². The molecule has 0 amide bonds. The summed E-state index contributed by atoms with van der Waals surface area (Å²) in [5.74, 6) is 0.188. The van der Waals surface area contributed by atoms with E-state index < -0.39 is 19.7 Å². The van der Waals surface area contributed by atoms with Crippen molar-refractivity contribution in [2.75, 3.05) is 18.6 Å². The Bertz CT molecular complexity index is 898. The quantitative estimate of drug-likeness (QED) is 0.873. The van der Waals surface area contributed by atoms with Crippen LogP contribution < -0.4 is 10.5 Å². The number of benzene rings is 1. The molecule has 1 aromatic carbocycles. The van der Waals surface area contributed by atoms with Crippen molar-refractivity contribution in [3.63, 3.8) is 0 Å². The number of nitrogen functional groups attached to an aromatic ring is 1. The predicted octanol–water partition coefficient (Wildman–Crippen LogP) is 1.97. The van der Waals surface area contributed by atoms with Gasteiger partial charge in [0, 0.05) is 6.26 Å². The van der Waals surface area contributed by atoms with E-state index in [4.69, 9.17) is 10.5 Å². The molecule has 0 radical (unpaired) electrons. The predicted molar refractivity (Wildman–Crippen MR) is 84.9 cm³/mol. The van der Waals surface area contributed by atoms with Crippen molar-refractivity contribution >= 4 is 36.0 Å². The van der Waals surface area contributed by atoms with Gasteiger partial charge < -0.3 is 10.5 Å². The number of anilines is 1. The second-order valence-corrected chi connectivity index (χ2v) is 9.81. The molecule has 0 saturated heterocycles. The van der Waals surface area contributed by atoms with E-state index >= 15 is 0 Å². The molecule has 0 saturated carbocycles. The average molecular weight is 361 g/mol. The van der Waals surface area contributed by atoms with Crippen molar-refractivity contribution in [1.29, 1.82) is 0 Å². The van der Waals surface area contributed by atoms with E-state index in [1.54, 1.807) is 6.92 Å². The van der Waals surface area contributed by atoms with Gasteiger partial charge in [-0.3, -0.25) is 0 Å². The fraction of sp³-hybridized carbons (Fsp3) is 0.231. The van der Waals surface area contributed by atoms with Crippen LogP contribution in [-0.2, 0) is 19.7 Å². The second kappa shape index (κ2) is 5.90. The highest BCUT2D eigenvalue weighted by Gasteiger charge is 2.23. The Morgan fingerprint density at radius 3 is 2.23 bits per heavy atom. The van der Waals surface area contributed by atoms with E-state index in [9.17, 15) is 16.8 Å². The van der Waals surface area contributed by atoms with Crippen molar-refractivity contribution in [1.82, 2.24) is 0 Å². The molecule has 0 aliphatic carbocycles. The summed E-state index contributed by atoms with van der Waals surface area (Å²) in [6.07, 6.45) is 1.01. The SMILES string of the molecule is CCOc1cc(S(C)(=O)=O)cc(S(=O)(=O)c2ccc(N)s2)c1. The zero-order valence-corrected chi connectivity index (χ0v) is 14.4. The topological polar surface area (TPSA) is 104 Å². The average Bonchev–Trinajstić information content (AvgIpc) is 2.85. The number of sulfone groups is 2. The Balaban J connectivity index is 2.66. The van der Waals surface area contributed by atoms with Crippen molar-refractivity contribution in [3.8, 4) is 5.75 Å². The first kappa shape index (κ1) is 16.8. The molecule has 1 heterocycles. The van der Waals surface area contributed by atoms with Gasteiger partial charge in [-0.2, -0.15) is 0 Å². The lowest BCUT2D eigenvalue weighted by Crippen LogP contribution is -2.05. The summed E-state index contributed by atoms with van der Waals surface area (Å²) < 4.78 is 54.0. The van der Waals surface area contributed by atoms with Gasteiger partial charge in [-0.1, -0.05) is 0 Å². The van der Waals surface area contributed by atoms with Crippen LogP contribution in [0.25, 0.3) is 0 Å². The Hall–Kier alpha value is -1.58. The van der Waals surface area contributed by atoms with Gasteiger partial charge in [0.25, 0.3) is 0 Å². The number of thiophene rings is 1. The van der Waals surface area contributed by atoms with E-state index in [-0.39, 0.29) is 19.7 Å². The van der Waals surface area contributed by atoms with Crippen molar-refractivity contribution in [2.24, 2.45) is 0 Å². The minimum Gasteiger partial charge on any atom is -0.494 e. The summed E-state index contributed by atoms with van der Waals surface area (Å²) >= 11 is 0.922. The Kier molecular flexibility index (Phi) is 4.50. The maximum atomic E-state index is 12.6. The largest absolute Gasteiger partial charge is 0.494 e. The zero-order valence-electron chi connectivity index (χ0n) is 11.9. The van der Waals surface area contributed by atoms with Crippen molar-refractivity contribution in [2.45, 2.75) is 20.9 Å². The zero-order chi connectivity index (χ0) is 16.5. The van der Waals surface area contributed by atoms with Gasteiger partial charge in [0.1, 0.15) is 9.96 Å². The first-order chi connectivity index (χ1) is 10.1. The molecule has 0 spiro atoms. The molecule has 0 aliphatic rings. The van der Waals surface area contributed by atoms with E-state index in [2.05, 4.69) is 0 Å². The molecular weight excluding hydrogens is 346 g/mol. The molecule has 0 unspecified atom stereocenters. The second-order valence-electron chi connectivity index (χ2n) is 4.51. The molecule has 9 heteroatoms. The van der Waals surface area contributed by atoms with Crippen LogP contribution in [0, 0.1) is 0 Å². The summed E-state index contributed by atoms with van der Waals surface area (Å²) in [5, 5.41) is 0.364. The van der Waals surface area contributed by atoms with E-state index in [1.807, 2.05) is 0 Å². The highest BCUT2D eigenvalue weighted by atomic mass is 32.2. The lowest BCUT2D eigenvalue weighted by Gasteiger charge is -2.09. The maximum Gasteiger partial charge on any atom is 0.216 e. The monoisotopic (exact) mass is 361 g/mol. The minimum absolute atomic E-state index is 0.0538. The Morgan fingerprint density at radius 2 is 1.73 bits per heavy atom. The Morgan fingerprint density at radius 1 is 1.09 bits per heavy atom. The van der Waals surface area contributed by atoms with Crippen LogP contribution in [0.3, 0.4) is 0 Å². The molecule has 6 nitrogen and oxygen atoms in total. The van der Waals surface area contributed by atoms with Crippen LogP contribution in [0.2, 0.25) is 0 Å². The van der Waals surface area contributed by atoms with Gasteiger partial charge in [0.2, 0.25) is 9.84 Å². The standard InChI is InChI=1S/C13H15NO5S3/c1-3-19-9-6-10(21(2,15)16)8-11(7-9)22(17,18)13-5-4-12(14)20-13/h4-8H,3,14H2,1-2H3.